The van der Waals surface area contributed by atoms with Crippen LogP contribution in [-0.4, -0.2) is 32.8 Å². The van der Waals surface area contributed by atoms with E-state index in [9.17, 15) is 13.6 Å². The molecule has 8 heteroatoms. The van der Waals surface area contributed by atoms with Crippen molar-refractivity contribution in [3.8, 4) is 23.0 Å². The van der Waals surface area contributed by atoms with Crippen LogP contribution in [0.1, 0.15) is 16.8 Å². The Balaban J connectivity index is 1.76. The Hall–Kier alpha value is -3.03. The zero-order chi connectivity index (χ0) is 18.5. The molecule has 0 spiro atoms. The minimum atomic E-state index is -2.98. The fourth-order valence-electron chi connectivity index (χ4n) is 2.45. The van der Waals surface area contributed by atoms with Gasteiger partial charge >= 0.3 is 6.61 Å². The van der Waals surface area contributed by atoms with E-state index in [1.54, 1.807) is 18.2 Å². The monoisotopic (exact) mass is 365 g/mol. The van der Waals surface area contributed by atoms with E-state index < -0.39 is 12.5 Å². The highest BCUT2D eigenvalue weighted by atomic mass is 19.3. The number of hydrogen-bond donors (Lipinski definition) is 1. The van der Waals surface area contributed by atoms with Crippen LogP contribution in [0.5, 0.6) is 23.0 Å². The molecule has 1 amide bonds. The van der Waals surface area contributed by atoms with E-state index >= 15 is 0 Å². The number of carbonyl (C=O) groups excluding carboxylic acids is 1. The molecule has 0 atom stereocenters. The first kappa shape index (κ1) is 17.8. The van der Waals surface area contributed by atoms with Gasteiger partial charge in [0.15, 0.2) is 23.0 Å². The van der Waals surface area contributed by atoms with E-state index in [2.05, 4.69) is 10.1 Å². The van der Waals surface area contributed by atoms with Gasteiger partial charge in [-0.05, 0) is 30.3 Å². The van der Waals surface area contributed by atoms with Crippen LogP contribution in [0.2, 0.25) is 0 Å². The molecule has 2 aromatic carbocycles. The fourth-order valence-corrected chi connectivity index (χ4v) is 2.45. The first-order valence-electron chi connectivity index (χ1n) is 7.90. The Labute approximate surface area is 148 Å². The molecule has 138 valence electrons. The summed E-state index contributed by atoms with van der Waals surface area (Å²) in [6.07, 6.45) is 0.781. The molecule has 0 unspecified atom stereocenters. The number of alkyl halides is 2. The molecule has 1 heterocycles. The van der Waals surface area contributed by atoms with Crippen LogP contribution in [0.15, 0.2) is 36.4 Å². The molecule has 1 N–H and O–H groups in total. The van der Waals surface area contributed by atoms with Gasteiger partial charge < -0.3 is 24.3 Å². The molecule has 2 aromatic rings. The van der Waals surface area contributed by atoms with Crippen LogP contribution in [0.3, 0.4) is 0 Å². The number of anilines is 1. The first-order valence-corrected chi connectivity index (χ1v) is 7.90. The Morgan fingerprint density at radius 3 is 2.58 bits per heavy atom. The Bertz CT molecular complexity index is 797. The van der Waals surface area contributed by atoms with Gasteiger partial charge in [0.25, 0.3) is 5.91 Å². The van der Waals surface area contributed by atoms with Crippen molar-refractivity contribution < 1.29 is 32.5 Å². The van der Waals surface area contributed by atoms with Crippen LogP contribution < -0.4 is 24.3 Å². The zero-order valence-electron chi connectivity index (χ0n) is 14.0. The minimum Gasteiger partial charge on any atom is -0.493 e. The number of nitrogens with one attached hydrogen (secondary N) is 1. The predicted octanol–water partition coefficient (Wildman–Crippen LogP) is 3.71. The van der Waals surface area contributed by atoms with E-state index in [4.69, 9.17) is 14.2 Å². The summed E-state index contributed by atoms with van der Waals surface area (Å²) in [7, 11) is 1.30. The van der Waals surface area contributed by atoms with Crippen LogP contribution >= 0.6 is 0 Å². The standard InChI is InChI=1S/C18H17F2NO5/c1-23-15-9-11(3-5-14(15)26-18(19)20)17(22)21-12-4-6-13-16(10-12)25-8-2-7-24-13/h3-6,9-10,18H,2,7-8H2,1H3,(H,21,22). The van der Waals surface area contributed by atoms with Crippen molar-refractivity contribution in [3.63, 3.8) is 0 Å². The van der Waals surface area contributed by atoms with Crippen molar-refractivity contribution in [1.82, 2.24) is 0 Å². The van der Waals surface area contributed by atoms with Gasteiger partial charge in [-0.25, -0.2) is 0 Å². The van der Waals surface area contributed by atoms with Crippen molar-refractivity contribution in [2.24, 2.45) is 0 Å². The lowest BCUT2D eigenvalue weighted by atomic mass is 10.1. The van der Waals surface area contributed by atoms with Crippen molar-refractivity contribution in [2.45, 2.75) is 13.0 Å². The number of rotatable bonds is 5. The van der Waals surface area contributed by atoms with E-state index in [0.717, 1.165) is 6.42 Å². The average Bonchev–Trinajstić information content (AvgIpc) is 2.86. The molecule has 0 saturated carbocycles. The number of hydrogen-bond acceptors (Lipinski definition) is 5. The van der Waals surface area contributed by atoms with E-state index in [1.165, 1.54) is 25.3 Å². The molecule has 0 radical (unpaired) electrons. The fraction of sp³-hybridized carbons (Fsp3) is 0.278. The van der Waals surface area contributed by atoms with Crippen LogP contribution in [-0.2, 0) is 0 Å². The lowest BCUT2D eigenvalue weighted by Gasteiger charge is -2.12. The largest absolute Gasteiger partial charge is 0.493 e. The van der Waals surface area contributed by atoms with Crippen LogP contribution in [0.4, 0.5) is 14.5 Å². The highest BCUT2D eigenvalue weighted by Gasteiger charge is 2.16. The van der Waals surface area contributed by atoms with Crippen LogP contribution in [0.25, 0.3) is 0 Å². The van der Waals surface area contributed by atoms with E-state index in [0.29, 0.717) is 30.4 Å². The lowest BCUT2D eigenvalue weighted by molar-refractivity contribution is -0.0512. The number of ether oxygens (including phenoxy) is 4. The second kappa shape index (κ2) is 7.90. The summed E-state index contributed by atoms with van der Waals surface area (Å²) in [5.41, 5.74) is 0.752. The number of methoxy groups -OCH3 is 1. The number of amides is 1. The Morgan fingerprint density at radius 1 is 1.08 bits per heavy atom. The minimum absolute atomic E-state index is 0.0385. The molecule has 1 aliphatic heterocycles. The molecule has 0 saturated heterocycles. The molecule has 0 bridgehead atoms. The van der Waals surface area contributed by atoms with E-state index in [1.807, 2.05) is 0 Å². The summed E-state index contributed by atoms with van der Waals surface area (Å²) in [6, 6.07) is 9.04. The third kappa shape index (κ3) is 4.14. The van der Waals surface area contributed by atoms with Crippen molar-refractivity contribution >= 4 is 11.6 Å². The van der Waals surface area contributed by atoms with Crippen LogP contribution in [0, 0.1) is 0 Å². The summed E-state index contributed by atoms with van der Waals surface area (Å²) >= 11 is 0. The number of halogens is 2. The van der Waals surface area contributed by atoms with Gasteiger partial charge in [0.1, 0.15) is 0 Å². The molecular weight excluding hydrogens is 348 g/mol. The van der Waals surface area contributed by atoms with Gasteiger partial charge in [-0.2, -0.15) is 8.78 Å². The third-order valence-corrected chi connectivity index (χ3v) is 3.65. The molecule has 1 aliphatic rings. The Morgan fingerprint density at radius 2 is 1.85 bits per heavy atom. The zero-order valence-corrected chi connectivity index (χ0v) is 14.0. The average molecular weight is 365 g/mol. The maximum Gasteiger partial charge on any atom is 0.387 e. The maximum atomic E-state index is 12.4. The molecule has 3 rings (SSSR count). The second-order valence-corrected chi connectivity index (χ2v) is 5.41. The quantitative estimate of drug-likeness (QED) is 0.875. The topological polar surface area (TPSA) is 66.0 Å². The second-order valence-electron chi connectivity index (χ2n) is 5.41. The van der Waals surface area contributed by atoms with Gasteiger partial charge in [-0.1, -0.05) is 0 Å². The lowest BCUT2D eigenvalue weighted by Crippen LogP contribution is -2.12. The molecule has 0 aliphatic carbocycles. The van der Waals surface area contributed by atoms with Gasteiger partial charge in [-0.3, -0.25) is 4.79 Å². The summed E-state index contributed by atoms with van der Waals surface area (Å²) < 4.78 is 45.2. The van der Waals surface area contributed by atoms with Gasteiger partial charge in [0.2, 0.25) is 0 Å². The molecule has 0 aromatic heterocycles. The number of carbonyl (C=O) groups is 1. The first-order chi connectivity index (χ1) is 12.6. The van der Waals surface area contributed by atoms with E-state index in [-0.39, 0.29) is 17.1 Å². The molecule has 6 nitrogen and oxygen atoms in total. The van der Waals surface area contributed by atoms with Crippen molar-refractivity contribution in [2.75, 3.05) is 25.6 Å². The number of benzene rings is 2. The van der Waals surface area contributed by atoms with Gasteiger partial charge in [0.05, 0.1) is 20.3 Å². The summed E-state index contributed by atoms with van der Waals surface area (Å²) in [5, 5.41) is 2.72. The highest BCUT2D eigenvalue weighted by Crippen LogP contribution is 2.33. The van der Waals surface area contributed by atoms with Crippen molar-refractivity contribution in [3.05, 3.63) is 42.0 Å². The van der Waals surface area contributed by atoms with Gasteiger partial charge in [-0.15, -0.1) is 0 Å². The Kier molecular flexibility index (Phi) is 5.40. The summed E-state index contributed by atoms with van der Waals surface area (Å²) in [4.78, 5) is 12.4. The van der Waals surface area contributed by atoms with Gasteiger partial charge in [0, 0.05) is 23.7 Å². The smallest absolute Gasteiger partial charge is 0.387 e. The molecular formula is C18H17F2NO5. The summed E-state index contributed by atoms with van der Waals surface area (Å²) in [5.74, 6) is 0.641. The molecule has 0 fully saturated rings. The molecule has 26 heavy (non-hydrogen) atoms. The third-order valence-electron chi connectivity index (χ3n) is 3.65. The SMILES string of the molecule is COc1cc(C(=O)Nc2ccc3c(c2)OCCCO3)ccc1OC(F)F. The maximum absolute atomic E-state index is 12.4. The number of fused-ring (bicyclic) bond motifs is 1. The highest BCUT2D eigenvalue weighted by molar-refractivity contribution is 6.04. The normalized spacial score (nSPS) is 13.1. The van der Waals surface area contributed by atoms with Crippen molar-refractivity contribution in [1.29, 1.82) is 0 Å². The summed E-state index contributed by atoms with van der Waals surface area (Å²) in [6.45, 7) is -1.87. The predicted molar refractivity (Wildman–Crippen MR) is 89.6 cm³/mol.